The third-order valence-corrected chi connectivity index (χ3v) is 5.76. The van der Waals surface area contributed by atoms with E-state index in [2.05, 4.69) is 9.17 Å². The highest BCUT2D eigenvalue weighted by Gasteiger charge is 2.66. The van der Waals surface area contributed by atoms with Gasteiger partial charge in [-0.3, -0.25) is 4.98 Å². The zero-order valence-corrected chi connectivity index (χ0v) is 14.7. The van der Waals surface area contributed by atoms with Gasteiger partial charge in [-0.25, -0.2) is 12.6 Å². The van der Waals surface area contributed by atoms with E-state index < -0.39 is 59.7 Å². The normalized spacial score (nSPS) is 25.7. The molecule has 0 amide bonds. The first-order valence-corrected chi connectivity index (χ1v) is 9.60. The van der Waals surface area contributed by atoms with E-state index in [4.69, 9.17) is 4.74 Å². The molecule has 27 heavy (non-hydrogen) atoms. The van der Waals surface area contributed by atoms with E-state index in [1.165, 1.54) is 6.07 Å². The molecule has 1 fully saturated rings. The standard InChI is InChI=1S/C11H10F6N2O6S2/c1-7-6-19(26(20,21)10(12,13)14)9(24-7,8-4-2-3-5-18-8)25-27(22,23)11(15,16)17/h2-5,7H,6H2,1H3. The van der Waals surface area contributed by atoms with Crippen LogP contribution in [0, 0.1) is 0 Å². The van der Waals surface area contributed by atoms with Crippen molar-refractivity contribution in [3.63, 3.8) is 0 Å². The lowest BCUT2D eigenvalue weighted by Crippen LogP contribution is -2.54. The molecule has 0 aliphatic carbocycles. The van der Waals surface area contributed by atoms with Crippen molar-refractivity contribution in [2.24, 2.45) is 0 Å². The number of rotatable bonds is 4. The third kappa shape index (κ3) is 3.75. The van der Waals surface area contributed by atoms with Crippen LogP contribution in [0.5, 0.6) is 0 Å². The summed E-state index contributed by atoms with van der Waals surface area (Å²) in [7, 11) is -13.0. The first-order chi connectivity index (χ1) is 12.0. The maximum absolute atomic E-state index is 13.0. The summed E-state index contributed by atoms with van der Waals surface area (Å²) in [6.07, 6.45) is -0.599. The van der Waals surface area contributed by atoms with Crippen molar-refractivity contribution in [2.75, 3.05) is 6.54 Å². The van der Waals surface area contributed by atoms with E-state index in [0.29, 0.717) is 0 Å². The first-order valence-electron chi connectivity index (χ1n) is 6.75. The van der Waals surface area contributed by atoms with Crippen LogP contribution in [0.15, 0.2) is 24.4 Å². The van der Waals surface area contributed by atoms with Crippen LogP contribution >= 0.6 is 0 Å². The van der Waals surface area contributed by atoms with Gasteiger partial charge in [-0.05, 0) is 19.1 Å². The number of halogens is 6. The molecule has 0 saturated carbocycles. The summed E-state index contributed by atoms with van der Waals surface area (Å²) in [4.78, 5) is 3.42. The maximum Gasteiger partial charge on any atom is 0.523 e. The predicted octanol–water partition coefficient (Wildman–Crippen LogP) is 1.63. The lowest BCUT2D eigenvalue weighted by molar-refractivity contribution is -0.231. The summed E-state index contributed by atoms with van der Waals surface area (Å²) in [6.45, 7) is -0.140. The van der Waals surface area contributed by atoms with Crippen LogP contribution in [0.2, 0.25) is 0 Å². The highest BCUT2D eigenvalue weighted by molar-refractivity contribution is 7.90. The van der Waals surface area contributed by atoms with Crippen LogP contribution in [0.3, 0.4) is 0 Å². The van der Waals surface area contributed by atoms with Crippen LogP contribution in [-0.4, -0.2) is 49.8 Å². The van der Waals surface area contributed by atoms with Crippen LogP contribution in [-0.2, 0) is 35.0 Å². The molecular weight excluding hydrogens is 434 g/mol. The number of hydrogen-bond acceptors (Lipinski definition) is 7. The average Bonchev–Trinajstić information content (AvgIpc) is 2.83. The molecule has 0 N–H and O–H groups in total. The maximum atomic E-state index is 13.0. The van der Waals surface area contributed by atoms with Gasteiger partial charge >= 0.3 is 37.1 Å². The second-order valence-corrected chi connectivity index (χ2v) is 8.58. The fourth-order valence-corrected chi connectivity index (χ4v) is 3.94. The summed E-state index contributed by atoms with van der Waals surface area (Å²) in [5.41, 5.74) is -13.0. The fraction of sp³-hybridized carbons (Fsp3) is 0.545. The molecule has 2 atom stereocenters. The molecule has 1 saturated heterocycles. The Kier molecular flexibility index (Phi) is 5.28. The van der Waals surface area contributed by atoms with E-state index in [1.54, 1.807) is 0 Å². The Morgan fingerprint density at radius 1 is 1.15 bits per heavy atom. The van der Waals surface area contributed by atoms with Gasteiger partial charge in [0.15, 0.2) is 0 Å². The third-order valence-electron chi connectivity index (χ3n) is 3.19. The Morgan fingerprint density at radius 2 is 1.74 bits per heavy atom. The molecule has 0 radical (unpaired) electrons. The monoisotopic (exact) mass is 444 g/mol. The molecule has 154 valence electrons. The van der Waals surface area contributed by atoms with Crippen LogP contribution in [0.4, 0.5) is 26.3 Å². The number of pyridine rings is 1. The summed E-state index contributed by atoms with van der Waals surface area (Å²) < 4.78 is 132. The second kappa shape index (κ2) is 6.54. The molecule has 2 rings (SSSR count). The molecule has 16 heteroatoms. The first kappa shape index (κ1) is 21.8. The SMILES string of the molecule is CC1CN(S(=O)(=O)C(F)(F)F)C(OS(=O)(=O)C(F)(F)F)(c2ccccn2)O1. The highest BCUT2D eigenvalue weighted by Crippen LogP contribution is 2.46. The van der Waals surface area contributed by atoms with Gasteiger partial charge in [0.2, 0.25) is 0 Å². The van der Waals surface area contributed by atoms with E-state index >= 15 is 0 Å². The second-order valence-electron chi connectivity index (χ2n) is 5.19. The fourth-order valence-electron chi connectivity index (χ4n) is 2.14. The van der Waals surface area contributed by atoms with Crippen molar-refractivity contribution in [1.29, 1.82) is 0 Å². The molecule has 1 aliphatic heterocycles. The highest BCUT2D eigenvalue weighted by atomic mass is 32.2. The average molecular weight is 444 g/mol. The van der Waals surface area contributed by atoms with Crippen molar-refractivity contribution in [2.45, 2.75) is 30.0 Å². The molecule has 2 unspecified atom stereocenters. The Hall–Kier alpha value is -1.49. The molecule has 2 heterocycles. The van der Waals surface area contributed by atoms with Crippen molar-refractivity contribution in [3.05, 3.63) is 30.1 Å². The molecule has 0 aromatic carbocycles. The van der Waals surface area contributed by atoms with Crippen molar-refractivity contribution in [3.8, 4) is 0 Å². The number of alkyl halides is 6. The van der Waals surface area contributed by atoms with Gasteiger partial charge in [-0.15, -0.1) is 4.31 Å². The zero-order chi connectivity index (χ0) is 20.9. The Labute approximate surface area is 148 Å². The predicted molar refractivity (Wildman–Crippen MR) is 74.2 cm³/mol. The van der Waals surface area contributed by atoms with E-state index in [9.17, 15) is 43.2 Å². The lowest BCUT2D eigenvalue weighted by atomic mass is 10.3. The van der Waals surface area contributed by atoms with Crippen molar-refractivity contribution < 1.29 is 52.1 Å². The number of aromatic nitrogens is 1. The van der Waals surface area contributed by atoms with Crippen molar-refractivity contribution in [1.82, 2.24) is 9.29 Å². The van der Waals surface area contributed by atoms with Gasteiger partial charge in [0.05, 0.1) is 6.10 Å². The molecule has 1 aromatic rings. The summed E-state index contributed by atoms with van der Waals surface area (Å²) >= 11 is 0. The smallest absolute Gasteiger partial charge is 0.326 e. The van der Waals surface area contributed by atoms with Gasteiger partial charge in [0.25, 0.3) is 0 Å². The zero-order valence-electron chi connectivity index (χ0n) is 13.0. The number of ether oxygens (including phenoxy) is 1. The number of nitrogens with zero attached hydrogens (tertiary/aromatic N) is 2. The Bertz CT molecular complexity index is 902. The number of hydrogen-bond donors (Lipinski definition) is 0. The van der Waals surface area contributed by atoms with Crippen LogP contribution in [0.1, 0.15) is 12.6 Å². The van der Waals surface area contributed by atoms with Gasteiger partial charge in [0.1, 0.15) is 5.69 Å². The van der Waals surface area contributed by atoms with Gasteiger partial charge in [-0.2, -0.15) is 34.8 Å². The van der Waals surface area contributed by atoms with Crippen LogP contribution < -0.4 is 0 Å². The lowest BCUT2D eigenvalue weighted by Gasteiger charge is -2.34. The molecule has 1 aliphatic rings. The van der Waals surface area contributed by atoms with Gasteiger partial charge < -0.3 is 4.74 Å². The Balaban J connectivity index is 2.76. The number of sulfonamides is 1. The molecule has 0 bridgehead atoms. The summed E-state index contributed by atoms with van der Waals surface area (Å²) in [5.74, 6) is -3.64. The Morgan fingerprint density at radius 3 is 2.19 bits per heavy atom. The van der Waals surface area contributed by atoms with E-state index in [-0.39, 0.29) is 0 Å². The minimum Gasteiger partial charge on any atom is -0.326 e. The summed E-state index contributed by atoms with van der Waals surface area (Å²) in [6, 6.07) is 3.00. The van der Waals surface area contributed by atoms with Gasteiger partial charge in [0, 0.05) is 12.7 Å². The molecular formula is C11H10F6N2O6S2. The molecule has 8 nitrogen and oxygen atoms in total. The molecule has 0 spiro atoms. The van der Waals surface area contributed by atoms with Gasteiger partial charge in [-0.1, -0.05) is 6.07 Å². The topological polar surface area (TPSA) is 103 Å². The molecule has 1 aromatic heterocycles. The van der Waals surface area contributed by atoms with Crippen LogP contribution in [0.25, 0.3) is 0 Å². The van der Waals surface area contributed by atoms with E-state index in [0.717, 1.165) is 25.3 Å². The minimum absolute atomic E-state index is 0.656. The largest absolute Gasteiger partial charge is 0.523 e. The van der Waals surface area contributed by atoms with E-state index in [1.807, 2.05) is 0 Å². The summed E-state index contributed by atoms with van der Waals surface area (Å²) in [5, 5.41) is 0. The quantitative estimate of drug-likeness (QED) is 0.395. The minimum atomic E-state index is -6.59. The van der Waals surface area contributed by atoms with Crippen molar-refractivity contribution >= 4 is 20.1 Å².